The fourth-order valence-corrected chi connectivity index (χ4v) is 1.88. The van der Waals surface area contributed by atoms with Gasteiger partial charge in [0.25, 0.3) is 0 Å². The van der Waals surface area contributed by atoms with Gasteiger partial charge in [0, 0.05) is 38.8 Å². The summed E-state index contributed by atoms with van der Waals surface area (Å²) >= 11 is 0. The fourth-order valence-electron chi connectivity index (χ4n) is 1.88. The number of carbonyl (C=O) groups is 1. The van der Waals surface area contributed by atoms with E-state index in [0.29, 0.717) is 13.0 Å². The molecule has 0 saturated heterocycles. The van der Waals surface area contributed by atoms with Gasteiger partial charge in [0.2, 0.25) is 5.91 Å². The molecule has 1 aromatic rings. The molecule has 20 heavy (non-hydrogen) atoms. The summed E-state index contributed by atoms with van der Waals surface area (Å²) in [5, 5.41) is 4.09. The van der Waals surface area contributed by atoms with Crippen LogP contribution in [0, 0.1) is 0 Å². The van der Waals surface area contributed by atoms with Gasteiger partial charge in [-0.2, -0.15) is 5.10 Å². The van der Waals surface area contributed by atoms with E-state index in [1.54, 1.807) is 15.8 Å². The number of hydrogen-bond acceptors (Lipinski definition) is 3. The minimum Gasteiger partial charge on any atom is -0.341 e. The van der Waals surface area contributed by atoms with E-state index < -0.39 is 0 Å². The number of aromatic nitrogens is 2. The van der Waals surface area contributed by atoms with Gasteiger partial charge in [0.05, 0.1) is 6.20 Å². The number of halogens is 2. The standard InChI is InChI=1S/C13H24N4O.2ClH/c1-16(10-12-9-15-17(2)11-12)13(18)7-5-3-4-6-8-14;;/h9,11H,3-8,10,14H2,1-2H3;2*1H. The summed E-state index contributed by atoms with van der Waals surface area (Å²) in [4.78, 5) is 13.6. The van der Waals surface area contributed by atoms with Crippen LogP contribution < -0.4 is 5.73 Å². The van der Waals surface area contributed by atoms with E-state index >= 15 is 0 Å². The average Bonchev–Trinajstić information content (AvgIpc) is 2.74. The number of carbonyl (C=O) groups excluding carboxylic acids is 1. The molecule has 0 unspecified atom stereocenters. The first-order valence-electron chi connectivity index (χ1n) is 6.55. The maximum absolute atomic E-state index is 11.9. The number of unbranched alkanes of at least 4 members (excludes halogenated alkanes) is 3. The maximum atomic E-state index is 11.9. The van der Waals surface area contributed by atoms with Crippen molar-refractivity contribution in [3.05, 3.63) is 18.0 Å². The van der Waals surface area contributed by atoms with Gasteiger partial charge in [0.15, 0.2) is 0 Å². The van der Waals surface area contributed by atoms with E-state index in [0.717, 1.165) is 37.8 Å². The van der Waals surface area contributed by atoms with Crippen molar-refractivity contribution in [3.8, 4) is 0 Å². The Balaban J connectivity index is 0. The maximum Gasteiger partial charge on any atom is 0.222 e. The van der Waals surface area contributed by atoms with Crippen LogP contribution >= 0.6 is 24.8 Å². The molecule has 0 saturated carbocycles. The molecule has 1 heterocycles. The Morgan fingerprint density at radius 3 is 2.50 bits per heavy atom. The highest BCUT2D eigenvalue weighted by molar-refractivity contribution is 5.85. The van der Waals surface area contributed by atoms with Crippen molar-refractivity contribution in [2.24, 2.45) is 12.8 Å². The molecule has 1 amide bonds. The van der Waals surface area contributed by atoms with E-state index in [2.05, 4.69) is 5.10 Å². The summed E-state index contributed by atoms with van der Waals surface area (Å²) < 4.78 is 1.75. The Hall–Kier alpha value is -0.780. The molecule has 0 aliphatic carbocycles. The zero-order chi connectivity index (χ0) is 13.4. The SMILES string of the molecule is CN(Cc1cnn(C)c1)C(=O)CCCCCCN.Cl.Cl. The van der Waals surface area contributed by atoms with Gasteiger partial charge in [-0.1, -0.05) is 12.8 Å². The number of hydrogen-bond donors (Lipinski definition) is 1. The predicted molar refractivity (Wildman–Crippen MR) is 86.3 cm³/mol. The van der Waals surface area contributed by atoms with Crippen molar-refractivity contribution >= 4 is 30.7 Å². The third-order valence-electron chi connectivity index (χ3n) is 2.95. The normalized spacial score (nSPS) is 9.55. The van der Waals surface area contributed by atoms with Gasteiger partial charge >= 0.3 is 0 Å². The van der Waals surface area contributed by atoms with Gasteiger partial charge in [-0.25, -0.2) is 0 Å². The number of rotatable bonds is 8. The fraction of sp³-hybridized carbons (Fsp3) is 0.692. The molecule has 2 N–H and O–H groups in total. The second-order valence-corrected chi connectivity index (χ2v) is 4.72. The lowest BCUT2D eigenvalue weighted by Gasteiger charge is -2.16. The van der Waals surface area contributed by atoms with Crippen LogP contribution in [-0.2, 0) is 18.4 Å². The zero-order valence-electron chi connectivity index (χ0n) is 12.2. The highest BCUT2D eigenvalue weighted by atomic mass is 35.5. The number of amides is 1. The average molecular weight is 325 g/mol. The third kappa shape index (κ3) is 8.40. The first kappa shape index (κ1) is 21.5. The summed E-state index contributed by atoms with van der Waals surface area (Å²) in [7, 11) is 3.72. The largest absolute Gasteiger partial charge is 0.341 e. The second kappa shape index (κ2) is 12.0. The van der Waals surface area contributed by atoms with E-state index in [-0.39, 0.29) is 30.7 Å². The quantitative estimate of drug-likeness (QED) is 0.745. The summed E-state index contributed by atoms with van der Waals surface area (Å²) in [6.45, 7) is 1.38. The number of aryl methyl sites for hydroxylation is 1. The summed E-state index contributed by atoms with van der Waals surface area (Å²) in [5.74, 6) is 0.201. The molecular formula is C13H26Cl2N4O. The Bertz CT molecular complexity index is 371. The van der Waals surface area contributed by atoms with Crippen LogP contribution in [0.25, 0.3) is 0 Å². The Morgan fingerprint density at radius 1 is 1.30 bits per heavy atom. The highest BCUT2D eigenvalue weighted by Gasteiger charge is 2.09. The highest BCUT2D eigenvalue weighted by Crippen LogP contribution is 2.07. The third-order valence-corrected chi connectivity index (χ3v) is 2.95. The van der Waals surface area contributed by atoms with Crippen molar-refractivity contribution in [1.82, 2.24) is 14.7 Å². The Kier molecular flexibility index (Phi) is 12.9. The molecule has 0 atom stereocenters. The molecule has 1 aromatic heterocycles. The van der Waals surface area contributed by atoms with Gasteiger partial charge in [-0.15, -0.1) is 24.8 Å². The van der Waals surface area contributed by atoms with Crippen molar-refractivity contribution in [3.63, 3.8) is 0 Å². The van der Waals surface area contributed by atoms with Crippen molar-refractivity contribution < 1.29 is 4.79 Å². The molecule has 0 spiro atoms. The topological polar surface area (TPSA) is 64.2 Å². The number of nitrogens with two attached hydrogens (primary N) is 1. The van der Waals surface area contributed by atoms with E-state index in [1.807, 2.05) is 20.3 Å². The van der Waals surface area contributed by atoms with E-state index in [1.165, 1.54) is 0 Å². The molecule has 1 rings (SSSR count). The summed E-state index contributed by atoms with van der Waals surface area (Å²) in [6.07, 6.45) is 8.58. The summed E-state index contributed by atoms with van der Waals surface area (Å²) in [6, 6.07) is 0. The molecule has 118 valence electrons. The first-order chi connectivity index (χ1) is 8.63. The van der Waals surface area contributed by atoms with Crippen LogP contribution in [0.15, 0.2) is 12.4 Å². The number of nitrogens with zero attached hydrogens (tertiary/aromatic N) is 3. The monoisotopic (exact) mass is 324 g/mol. The Morgan fingerprint density at radius 2 is 1.95 bits per heavy atom. The van der Waals surface area contributed by atoms with Gasteiger partial charge in [-0.3, -0.25) is 9.48 Å². The second-order valence-electron chi connectivity index (χ2n) is 4.72. The molecular weight excluding hydrogens is 299 g/mol. The predicted octanol–water partition coefficient (Wildman–Crippen LogP) is 2.13. The lowest BCUT2D eigenvalue weighted by atomic mass is 10.1. The lowest BCUT2D eigenvalue weighted by molar-refractivity contribution is -0.130. The van der Waals surface area contributed by atoms with Crippen LogP contribution in [0.5, 0.6) is 0 Å². The molecule has 0 aliphatic rings. The van der Waals surface area contributed by atoms with Crippen molar-refractivity contribution in [1.29, 1.82) is 0 Å². The first-order valence-corrected chi connectivity index (χ1v) is 6.55. The smallest absolute Gasteiger partial charge is 0.222 e. The minimum absolute atomic E-state index is 0. The minimum atomic E-state index is 0. The van der Waals surface area contributed by atoms with Crippen LogP contribution in [0.4, 0.5) is 0 Å². The van der Waals surface area contributed by atoms with E-state index in [4.69, 9.17) is 5.73 Å². The molecule has 0 bridgehead atoms. The molecule has 0 aromatic carbocycles. The van der Waals surface area contributed by atoms with Crippen LogP contribution in [0.3, 0.4) is 0 Å². The molecule has 5 nitrogen and oxygen atoms in total. The Labute approximate surface area is 133 Å². The lowest BCUT2D eigenvalue weighted by Crippen LogP contribution is -2.25. The zero-order valence-corrected chi connectivity index (χ0v) is 13.9. The van der Waals surface area contributed by atoms with Gasteiger partial charge in [-0.05, 0) is 19.4 Å². The van der Waals surface area contributed by atoms with Crippen molar-refractivity contribution in [2.75, 3.05) is 13.6 Å². The summed E-state index contributed by atoms with van der Waals surface area (Å²) in [5.41, 5.74) is 6.49. The van der Waals surface area contributed by atoms with Gasteiger partial charge < -0.3 is 10.6 Å². The van der Waals surface area contributed by atoms with Crippen molar-refractivity contribution in [2.45, 2.75) is 38.6 Å². The molecule has 0 aliphatic heterocycles. The molecule has 0 fully saturated rings. The van der Waals surface area contributed by atoms with E-state index in [9.17, 15) is 4.79 Å². The van der Waals surface area contributed by atoms with Crippen LogP contribution in [-0.4, -0.2) is 34.2 Å². The van der Waals surface area contributed by atoms with Crippen LogP contribution in [0.2, 0.25) is 0 Å². The van der Waals surface area contributed by atoms with Crippen LogP contribution in [0.1, 0.15) is 37.7 Å². The molecule has 7 heteroatoms. The molecule has 0 radical (unpaired) electrons. The van der Waals surface area contributed by atoms with Gasteiger partial charge in [0.1, 0.15) is 0 Å².